The van der Waals surface area contributed by atoms with Gasteiger partial charge in [0.2, 0.25) is 5.88 Å². The number of aryl methyl sites for hydroxylation is 1. The van der Waals surface area contributed by atoms with Gasteiger partial charge in [0.1, 0.15) is 23.7 Å². The first-order chi connectivity index (χ1) is 16.3. The summed E-state index contributed by atoms with van der Waals surface area (Å²) < 4.78 is 49.0. The third-order valence-corrected chi connectivity index (χ3v) is 4.40. The van der Waals surface area contributed by atoms with Crippen molar-refractivity contribution >= 4 is 17.4 Å². The van der Waals surface area contributed by atoms with E-state index < -0.39 is 18.1 Å². The second kappa shape index (κ2) is 9.48. The van der Waals surface area contributed by atoms with E-state index in [1.807, 2.05) is 6.92 Å². The molecule has 0 unspecified atom stereocenters. The van der Waals surface area contributed by atoms with Gasteiger partial charge in [0.05, 0.1) is 5.69 Å². The number of carbonyl (C=O) groups excluding carboxylic acids is 1. The highest BCUT2D eigenvalue weighted by atomic mass is 19.4. The number of carbonyl (C=O) groups is 1. The number of anilines is 2. The number of amides is 2. The van der Waals surface area contributed by atoms with E-state index in [4.69, 9.17) is 4.74 Å². The third-order valence-electron chi connectivity index (χ3n) is 4.40. The largest absolute Gasteiger partial charge is 0.573 e. The molecule has 4 rings (SSSR count). The van der Waals surface area contributed by atoms with E-state index >= 15 is 0 Å². The molecule has 2 N–H and O–H groups in total. The number of nitrogens with zero attached hydrogens (tertiary/aromatic N) is 4. The number of ether oxygens (including phenoxy) is 2. The number of rotatable bonds is 6. The molecular weight excluding hydrogens is 453 g/mol. The van der Waals surface area contributed by atoms with Gasteiger partial charge in [-0.3, -0.25) is 4.57 Å². The number of hydrogen-bond donors (Lipinski definition) is 2. The topological polar surface area (TPSA) is 103 Å². The summed E-state index contributed by atoms with van der Waals surface area (Å²) in [5.74, 6) is 1.57. The Morgan fingerprint density at radius 3 is 2.47 bits per heavy atom. The monoisotopic (exact) mass is 470 g/mol. The van der Waals surface area contributed by atoms with E-state index in [0.717, 1.165) is 11.9 Å². The molecule has 12 heteroatoms. The summed E-state index contributed by atoms with van der Waals surface area (Å²) in [6, 6.07) is 12.4. The Hall–Kier alpha value is -4.61. The molecule has 2 aromatic carbocycles. The summed E-state index contributed by atoms with van der Waals surface area (Å²) in [5, 5.41) is 4.86. The van der Waals surface area contributed by atoms with Crippen molar-refractivity contribution < 1.29 is 27.4 Å². The molecule has 2 amide bonds. The Bertz CT molecular complexity index is 1290. The van der Waals surface area contributed by atoms with Gasteiger partial charge in [-0.15, -0.1) is 13.2 Å². The van der Waals surface area contributed by atoms with Gasteiger partial charge < -0.3 is 20.1 Å². The van der Waals surface area contributed by atoms with Crippen molar-refractivity contribution in [2.24, 2.45) is 0 Å². The Balaban J connectivity index is 1.39. The average Bonchev–Trinajstić information content (AvgIpc) is 3.22. The molecule has 0 saturated heterocycles. The fourth-order valence-corrected chi connectivity index (χ4v) is 2.93. The zero-order chi connectivity index (χ0) is 24.1. The first-order valence-corrected chi connectivity index (χ1v) is 9.80. The lowest BCUT2D eigenvalue weighted by molar-refractivity contribution is -0.274. The van der Waals surface area contributed by atoms with E-state index in [-0.39, 0.29) is 5.69 Å². The molecular formula is C22H17F3N6O3. The predicted molar refractivity (Wildman–Crippen MR) is 116 cm³/mol. The second-order valence-corrected chi connectivity index (χ2v) is 6.81. The highest BCUT2D eigenvalue weighted by Crippen LogP contribution is 2.30. The van der Waals surface area contributed by atoms with Gasteiger partial charge in [0, 0.05) is 24.1 Å². The van der Waals surface area contributed by atoms with Crippen molar-refractivity contribution in [1.29, 1.82) is 0 Å². The first kappa shape index (κ1) is 22.6. The Kier molecular flexibility index (Phi) is 6.30. The van der Waals surface area contributed by atoms with Crippen LogP contribution in [0.3, 0.4) is 0 Å². The quantitative estimate of drug-likeness (QED) is 0.396. The molecule has 0 bridgehead atoms. The molecule has 9 nitrogen and oxygen atoms in total. The Morgan fingerprint density at radius 1 is 1.00 bits per heavy atom. The number of imidazole rings is 1. The van der Waals surface area contributed by atoms with Crippen molar-refractivity contribution in [2.45, 2.75) is 13.3 Å². The zero-order valence-corrected chi connectivity index (χ0v) is 17.6. The van der Waals surface area contributed by atoms with Crippen LogP contribution in [0.1, 0.15) is 5.82 Å². The van der Waals surface area contributed by atoms with E-state index in [2.05, 4.69) is 30.3 Å². The minimum absolute atomic E-state index is 0.134. The number of hydrogen-bond acceptors (Lipinski definition) is 6. The molecule has 2 heterocycles. The number of urea groups is 1. The van der Waals surface area contributed by atoms with Crippen LogP contribution >= 0.6 is 0 Å². The molecule has 174 valence electrons. The molecule has 2 aromatic heterocycles. The number of halogens is 3. The van der Waals surface area contributed by atoms with E-state index in [1.54, 1.807) is 47.3 Å². The lowest BCUT2D eigenvalue weighted by Gasteiger charge is -2.14. The molecule has 0 spiro atoms. The number of para-hydroxylation sites is 2. The molecule has 4 aromatic rings. The van der Waals surface area contributed by atoms with Crippen molar-refractivity contribution in [3.8, 4) is 23.2 Å². The lowest BCUT2D eigenvalue weighted by atomic mass is 10.3. The van der Waals surface area contributed by atoms with E-state index in [0.29, 0.717) is 23.1 Å². The summed E-state index contributed by atoms with van der Waals surface area (Å²) in [5.41, 5.74) is 0.251. The number of aromatic nitrogens is 4. The Morgan fingerprint density at radius 2 is 1.76 bits per heavy atom. The maximum Gasteiger partial charge on any atom is 0.573 e. The van der Waals surface area contributed by atoms with Gasteiger partial charge in [0.25, 0.3) is 0 Å². The van der Waals surface area contributed by atoms with Gasteiger partial charge >= 0.3 is 12.4 Å². The van der Waals surface area contributed by atoms with Crippen molar-refractivity contribution in [2.75, 3.05) is 10.6 Å². The normalized spacial score (nSPS) is 11.1. The van der Waals surface area contributed by atoms with Crippen LogP contribution < -0.4 is 20.1 Å². The van der Waals surface area contributed by atoms with Crippen LogP contribution in [0.2, 0.25) is 0 Å². The molecule has 0 aliphatic carbocycles. The predicted octanol–water partition coefficient (Wildman–Crippen LogP) is 5.31. The van der Waals surface area contributed by atoms with Crippen LogP contribution in [0.15, 0.2) is 73.3 Å². The van der Waals surface area contributed by atoms with Crippen LogP contribution in [0.25, 0.3) is 5.82 Å². The SMILES string of the molecule is Cc1nccn1-c1cc(Oc2ccc(NC(=O)Nc3ccccc3OC(F)(F)F)cc2)ncn1. The van der Waals surface area contributed by atoms with Crippen LogP contribution in [-0.4, -0.2) is 31.9 Å². The number of nitrogens with one attached hydrogen (secondary N) is 2. The third kappa shape index (κ3) is 5.79. The van der Waals surface area contributed by atoms with Crippen molar-refractivity contribution in [3.63, 3.8) is 0 Å². The number of benzene rings is 2. The Labute approximate surface area is 191 Å². The van der Waals surface area contributed by atoms with E-state index in [1.165, 1.54) is 24.5 Å². The summed E-state index contributed by atoms with van der Waals surface area (Å²) in [6.45, 7) is 1.84. The molecule has 0 fully saturated rings. The van der Waals surface area contributed by atoms with Gasteiger partial charge in [-0.1, -0.05) is 12.1 Å². The molecule has 0 saturated carbocycles. The smallest absolute Gasteiger partial charge is 0.439 e. The van der Waals surface area contributed by atoms with Crippen LogP contribution in [0.4, 0.5) is 29.3 Å². The van der Waals surface area contributed by atoms with Gasteiger partial charge in [-0.05, 0) is 43.3 Å². The summed E-state index contributed by atoms with van der Waals surface area (Å²) in [6.07, 6.45) is -0.0980. The van der Waals surface area contributed by atoms with E-state index in [9.17, 15) is 18.0 Å². The summed E-state index contributed by atoms with van der Waals surface area (Å²) in [7, 11) is 0. The molecule has 34 heavy (non-hydrogen) atoms. The van der Waals surface area contributed by atoms with Gasteiger partial charge in [-0.2, -0.15) is 0 Å². The molecule has 0 aliphatic rings. The van der Waals surface area contributed by atoms with Crippen LogP contribution in [-0.2, 0) is 0 Å². The van der Waals surface area contributed by atoms with Crippen molar-refractivity contribution in [3.05, 3.63) is 79.1 Å². The fourth-order valence-electron chi connectivity index (χ4n) is 2.93. The fraction of sp³-hybridized carbons (Fsp3) is 0.0909. The lowest BCUT2D eigenvalue weighted by Crippen LogP contribution is -2.22. The maximum absolute atomic E-state index is 12.5. The summed E-state index contributed by atoms with van der Waals surface area (Å²) >= 11 is 0. The van der Waals surface area contributed by atoms with Gasteiger partial charge in [-0.25, -0.2) is 19.7 Å². The zero-order valence-electron chi connectivity index (χ0n) is 17.6. The highest BCUT2D eigenvalue weighted by molar-refractivity contribution is 6.00. The van der Waals surface area contributed by atoms with Crippen molar-refractivity contribution in [1.82, 2.24) is 19.5 Å². The van der Waals surface area contributed by atoms with Gasteiger partial charge in [0.15, 0.2) is 5.75 Å². The molecule has 0 aliphatic heterocycles. The maximum atomic E-state index is 12.5. The average molecular weight is 470 g/mol. The second-order valence-electron chi connectivity index (χ2n) is 6.81. The minimum atomic E-state index is -4.88. The standard InChI is InChI=1S/C22H17F3N6O3/c1-14-26-10-11-31(14)19-12-20(28-13-27-19)33-16-8-6-15(7-9-16)29-21(32)30-17-4-2-3-5-18(17)34-22(23,24)25/h2-13H,1H3,(H2,29,30,32). The summed E-state index contributed by atoms with van der Waals surface area (Å²) in [4.78, 5) is 24.7. The highest BCUT2D eigenvalue weighted by Gasteiger charge is 2.32. The first-order valence-electron chi connectivity index (χ1n) is 9.80. The number of alkyl halides is 3. The minimum Gasteiger partial charge on any atom is -0.439 e. The van der Waals surface area contributed by atoms with Crippen LogP contribution in [0.5, 0.6) is 17.4 Å². The molecule has 0 radical (unpaired) electrons. The molecule has 0 atom stereocenters. The van der Waals surface area contributed by atoms with Crippen LogP contribution in [0, 0.1) is 6.92 Å².